The molecule has 26 heavy (non-hydrogen) atoms. The van der Waals surface area contributed by atoms with Crippen molar-refractivity contribution in [3.8, 4) is 23.2 Å². The molecule has 6 heteroatoms. The molecule has 0 saturated carbocycles. The highest BCUT2D eigenvalue weighted by Crippen LogP contribution is 2.22. The summed E-state index contributed by atoms with van der Waals surface area (Å²) in [5.41, 5.74) is 2.60. The first-order valence-electron chi connectivity index (χ1n) is 8.52. The minimum atomic E-state index is -0.637. The van der Waals surface area contributed by atoms with Crippen molar-refractivity contribution in [2.45, 2.75) is 32.4 Å². The molecule has 0 aliphatic carbocycles. The van der Waals surface area contributed by atoms with E-state index in [2.05, 4.69) is 22.0 Å². The lowest BCUT2D eigenvalue weighted by atomic mass is 10.1. The molecule has 0 aliphatic heterocycles. The van der Waals surface area contributed by atoms with Crippen LogP contribution >= 0.6 is 0 Å². The molecule has 3 aromatic rings. The molecule has 0 aliphatic rings. The first-order valence-corrected chi connectivity index (χ1v) is 8.52. The maximum atomic E-state index is 9.72. The highest BCUT2D eigenvalue weighted by atomic mass is 16.5. The normalized spacial score (nSPS) is 11.8. The summed E-state index contributed by atoms with van der Waals surface area (Å²) in [5, 5.41) is 22.6. The molecule has 0 amide bonds. The van der Waals surface area contributed by atoms with Crippen molar-refractivity contribution in [3.05, 3.63) is 59.8 Å². The van der Waals surface area contributed by atoms with Crippen LogP contribution in [0.3, 0.4) is 0 Å². The molecule has 0 fully saturated rings. The molecule has 2 heterocycles. The van der Waals surface area contributed by atoms with Gasteiger partial charge in [-0.3, -0.25) is 0 Å². The van der Waals surface area contributed by atoms with Gasteiger partial charge in [0.25, 0.3) is 0 Å². The van der Waals surface area contributed by atoms with Gasteiger partial charge in [-0.2, -0.15) is 0 Å². The van der Waals surface area contributed by atoms with Crippen LogP contribution in [0.2, 0.25) is 0 Å². The summed E-state index contributed by atoms with van der Waals surface area (Å²) in [5.74, 6) is 7.37. The number of aliphatic hydroxyl groups is 2. The second kappa shape index (κ2) is 8.48. The quantitative estimate of drug-likeness (QED) is 0.527. The molecule has 1 aromatic carbocycles. The molecule has 6 nitrogen and oxygen atoms in total. The Morgan fingerprint density at radius 3 is 2.81 bits per heavy atom. The minimum Gasteiger partial charge on any atom is -0.396 e. The fourth-order valence-corrected chi connectivity index (χ4v) is 2.57. The van der Waals surface area contributed by atoms with Crippen molar-refractivity contribution in [2.75, 3.05) is 6.61 Å². The predicted molar refractivity (Wildman–Crippen MR) is 97.1 cm³/mol. The second-order valence-electron chi connectivity index (χ2n) is 5.98. The molecule has 2 N–H and O–H groups in total. The van der Waals surface area contributed by atoms with Gasteiger partial charge in [0.2, 0.25) is 0 Å². The lowest BCUT2D eigenvalue weighted by molar-refractivity contribution is 0.184. The number of unbranched alkanes of at least 4 members (excludes halogenated alkanes) is 1. The van der Waals surface area contributed by atoms with Crippen LogP contribution < -0.4 is 0 Å². The maximum Gasteiger partial charge on any atom is 0.167 e. The third-order valence-electron chi connectivity index (χ3n) is 3.87. The van der Waals surface area contributed by atoms with Gasteiger partial charge in [-0.1, -0.05) is 17.0 Å². The summed E-state index contributed by atoms with van der Waals surface area (Å²) in [6.45, 7) is 2.33. The molecule has 1 atom stereocenters. The van der Waals surface area contributed by atoms with E-state index in [0.717, 1.165) is 16.8 Å². The van der Waals surface area contributed by atoms with E-state index in [1.807, 2.05) is 34.9 Å². The number of benzene rings is 1. The van der Waals surface area contributed by atoms with Crippen LogP contribution in [0.15, 0.2) is 47.2 Å². The third kappa shape index (κ3) is 4.39. The topological polar surface area (TPSA) is 84.3 Å². The van der Waals surface area contributed by atoms with Crippen LogP contribution in [0, 0.1) is 11.8 Å². The fraction of sp³-hybridized carbons (Fsp3) is 0.300. The lowest BCUT2D eigenvalue weighted by Crippen LogP contribution is -2.07. The minimum absolute atomic E-state index is 0.166. The molecule has 2 aromatic heterocycles. The highest BCUT2D eigenvalue weighted by Gasteiger charge is 2.12. The molecule has 1 unspecified atom stereocenters. The first-order chi connectivity index (χ1) is 12.7. The van der Waals surface area contributed by atoms with Crippen LogP contribution in [0.1, 0.15) is 43.0 Å². The van der Waals surface area contributed by atoms with Gasteiger partial charge < -0.3 is 19.3 Å². The van der Waals surface area contributed by atoms with E-state index in [9.17, 15) is 5.11 Å². The Labute approximate surface area is 152 Å². The molecule has 0 bridgehead atoms. The van der Waals surface area contributed by atoms with Crippen molar-refractivity contribution in [1.29, 1.82) is 0 Å². The molecule has 0 spiro atoms. The maximum absolute atomic E-state index is 9.72. The van der Waals surface area contributed by atoms with Gasteiger partial charge in [-0.05, 0) is 37.6 Å². The molecule has 0 radical (unpaired) electrons. The zero-order chi connectivity index (χ0) is 18.4. The molecule has 134 valence electrons. The molecular weight excluding hydrogens is 330 g/mol. The summed E-state index contributed by atoms with van der Waals surface area (Å²) < 4.78 is 7.29. The number of aromatic nitrogens is 3. The van der Waals surface area contributed by atoms with Crippen LogP contribution in [-0.2, 0) is 6.54 Å². The zero-order valence-corrected chi connectivity index (χ0v) is 14.6. The van der Waals surface area contributed by atoms with Crippen molar-refractivity contribution >= 4 is 0 Å². The predicted octanol–water partition coefficient (Wildman–Crippen LogP) is 2.76. The van der Waals surface area contributed by atoms with Gasteiger partial charge in [0.05, 0.1) is 6.54 Å². The number of nitrogens with zero attached hydrogens (tertiary/aromatic N) is 3. The Bertz CT molecular complexity index is 898. The van der Waals surface area contributed by atoms with E-state index in [4.69, 9.17) is 9.63 Å². The Hall–Kier alpha value is -2.88. The van der Waals surface area contributed by atoms with Crippen molar-refractivity contribution < 1.29 is 14.7 Å². The fourth-order valence-electron chi connectivity index (χ4n) is 2.57. The van der Waals surface area contributed by atoms with Gasteiger partial charge in [0.15, 0.2) is 5.76 Å². The van der Waals surface area contributed by atoms with Gasteiger partial charge >= 0.3 is 0 Å². The van der Waals surface area contributed by atoms with E-state index in [-0.39, 0.29) is 6.61 Å². The third-order valence-corrected chi connectivity index (χ3v) is 3.87. The van der Waals surface area contributed by atoms with E-state index in [0.29, 0.717) is 31.0 Å². The van der Waals surface area contributed by atoms with E-state index >= 15 is 0 Å². The van der Waals surface area contributed by atoms with E-state index in [1.165, 1.54) is 0 Å². The lowest BCUT2D eigenvalue weighted by Gasteiger charge is -2.07. The van der Waals surface area contributed by atoms with Crippen LogP contribution in [0.4, 0.5) is 0 Å². The van der Waals surface area contributed by atoms with Gasteiger partial charge in [-0.15, -0.1) is 0 Å². The average Bonchev–Trinajstić information content (AvgIpc) is 3.29. The van der Waals surface area contributed by atoms with Gasteiger partial charge in [0.1, 0.15) is 17.6 Å². The molecular formula is C20H21N3O3. The standard InChI is InChI=1S/C20H21N3O3/c1-15(25)20-21-10-11-23(20)14-18-13-19(26-22-18)17-8-6-16(7-9-17)5-3-2-4-12-24/h6-11,13,15,24-25H,2,4,12,14H2,1H3. The van der Waals surface area contributed by atoms with Crippen molar-refractivity contribution in [1.82, 2.24) is 14.7 Å². The van der Waals surface area contributed by atoms with Crippen molar-refractivity contribution in [3.63, 3.8) is 0 Å². The summed E-state index contributed by atoms with van der Waals surface area (Å²) in [4.78, 5) is 4.15. The van der Waals surface area contributed by atoms with E-state index < -0.39 is 6.10 Å². The number of hydrogen-bond acceptors (Lipinski definition) is 5. The highest BCUT2D eigenvalue weighted by molar-refractivity contribution is 5.59. The SMILES string of the molecule is CC(O)c1nccn1Cc1cc(-c2ccc(C#CCCCO)cc2)on1. The number of rotatable bonds is 6. The number of aliphatic hydroxyl groups excluding tert-OH is 2. The van der Waals surface area contributed by atoms with Crippen molar-refractivity contribution in [2.24, 2.45) is 0 Å². The van der Waals surface area contributed by atoms with Gasteiger partial charge in [-0.25, -0.2) is 4.98 Å². The first kappa shape index (κ1) is 17.9. The van der Waals surface area contributed by atoms with Gasteiger partial charge in [0, 0.05) is 42.6 Å². The average molecular weight is 351 g/mol. The summed E-state index contributed by atoms with van der Waals surface area (Å²) >= 11 is 0. The van der Waals surface area contributed by atoms with E-state index in [1.54, 1.807) is 19.3 Å². The Kier molecular flexibility index (Phi) is 5.84. The smallest absolute Gasteiger partial charge is 0.167 e. The van der Waals surface area contributed by atoms with Crippen LogP contribution in [-0.4, -0.2) is 31.5 Å². The summed E-state index contributed by atoms with van der Waals surface area (Å²) in [7, 11) is 0. The Balaban J connectivity index is 1.69. The van der Waals surface area contributed by atoms with Crippen LogP contribution in [0.5, 0.6) is 0 Å². The Morgan fingerprint density at radius 1 is 1.27 bits per heavy atom. The second-order valence-corrected chi connectivity index (χ2v) is 5.98. The number of imidazole rings is 1. The largest absolute Gasteiger partial charge is 0.396 e. The van der Waals surface area contributed by atoms with Crippen LogP contribution in [0.25, 0.3) is 11.3 Å². The molecule has 0 saturated heterocycles. The zero-order valence-electron chi connectivity index (χ0n) is 14.6. The number of hydrogen-bond donors (Lipinski definition) is 2. The monoisotopic (exact) mass is 351 g/mol. The summed E-state index contributed by atoms with van der Waals surface area (Å²) in [6, 6.07) is 9.64. The molecule has 3 rings (SSSR count). The Morgan fingerprint density at radius 2 is 2.08 bits per heavy atom. The summed E-state index contributed by atoms with van der Waals surface area (Å²) in [6.07, 6.45) is 4.21.